The second kappa shape index (κ2) is 6.31. The number of rotatable bonds is 5. The SMILES string of the molecule is Cc1c(C(F)(F)F)cccc1S(=O)(=O)NCC/C(N)=N/O. The summed E-state index contributed by atoms with van der Waals surface area (Å²) >= 11 is 0. The smallest absolute Gasteiger partial charge is 0.409 e. The zero-order valence-electron chi connectivity index (χ0n) is 11.0. The fourth-order valence-electron chi connectivity index (χ4n) is 1.65. The third-order valence-corrected chi connectivity index (χ3v) is 4.29. The molecular formula is C11H14F3N3O3S. The van der Waals surface area contributed by atoms with E-state index in [4.69, 9.17) is 10.9 Å². The average molecular weight is 325 g/mol. The van der Waals surface area contributed by atoms with Gasteiger partial charge in [-0.05, 0) is 24.6 Å². The van der Waals surface area contributed by atoms with Crippen molar-refractivity contribution in [3.63, 3.8) is 0 Å². The Morgan fingerprint density at radius 1 is 1.43 bits per heavy atom. The summed E-state index contributed by atoms with van der Waals surface area (Å²) in [6.45, 7) is 0.884. The highest BCUT2D eigenvalue weighted by molar-refractivity contribution is 7.89. The van der Waals surface area contributed by atoms with Gasteiger partial charge in [0.05, 0.1) is 10.5 Å². The van der Waals surface area contributed by atoms with Gasteiger partial charge >= 0.3 is 6.18 Å². The van der Waals surface area contributed by atoms with Gasteiger partial charge in [0.15, 0.2) is 0 Å². The maximum Gasteiger partial charge on any atom is 0.416 e. The summed E-state index contributed by atoms with van der Waals surface area (Å²) in [5.41, 5.74) is 3.77. The van der Waals surface area contributed by atoms with Gasteiger partial charge in [-0.1, -0.05) is 11.2 Å². The van der Waals surface area contributed by atoms with Crippen molar-refractivity contribution in [2.24, 2.45) is 10.9 Å². The summed E-state index contributed by atoms with van der Waals surface area (Å²) in [6.07, 6.45) is -4.71. The maximum absolute atomic E-state index is 12.7. The molecule has 21 heavy (non-hydrogen) atoms. The molecule has 0 fully saturated rings. The van der Waals surface area contributed by atoms with E-state index in [1.807, 2.05) is 0 Å². The molecule has 0 aromatic heterocycles. The van der Waals surface area contributed by atoms with Crippen molar-refractivity contribution in [1.29, 1.82) is 0 Å². The van der Waals surface area contributed by atoms with E-state index in [2.05, 4.69) is 9.88 Å². The molecule has 0 atom stereocenters. The Morgan fingerprint density at radius 2 is 2.05 bits per heavy atom. The number of halogens is 3. The molecule has 0 saturated carbocycles. The molecule has 0 bridgehead atoms. The highest BCUT2D eigenvalue weighted by atomic mass is 32.2. The Hall–Kier alpha value is -1.81. The molecular weight excluding hydrogens is 311 g/mol. The number of nitrogens with two attached hydrogens (primary N) is 1. The Balaban J connectivity index is 3.05. The number of alkyl halides is 3. The molecule has 0 aliphatic carbocycles. The van der Waals surface area contributed by atoms with E-state index in [1.165, 1.54) is 0 Å². The molecule has 0 aliphatic rings. The average Bonchev–Trinajstić information content (AvgIpc) is 2.36. The van der Waals surface area contributed by atoms with Crippen molar-refractivity contribution in [1.82, 2.24) is 4.72 Å². The number of oxime groups is 1. The first kappa shape index (κ1) is 17.2. The summed E-state index contributed by atoms with van der Waals surface area (Å²) in [5, 5.41) is 11.0. The van der Waals surface area contributed by atoms with E-state index in [0.29, 0.717) is 0 Å². The van der Waals surface area contributed by atoms with E-state index < -0.39 is 26.7 Å². The van der Waals surface area contributed by atoms with Crippen molar-refractivity contribution >= 4 is 15.9 Å². The van der Waals surface area contributed by atoms with Gasteiger partial charge < -0.3 is 10.9 Å². The van der Waals surface area contributed by atoms with Crippen molar-refractivity contribution < 1.29 is 26.8 Å². The number of nitrogens with zero attached hydrogens (tertiary/aromatic N) is 1. The lowest BCUT2D eigenvalue weighted by Gasteiger charge is -2.14. The third-order valence-electron chi connectivity index (χ3n) is 2.68. The van der Waals surface area contributed by atoms with E-state index in [-0.39, 0.29) is 24.4 Å². The number of sulfonamides is 1. The molecule has 0 amide bonds. The predicted molar refractivity (Wildman–Crippen MR) is 69.4 cm³/mol. The molecule has 6 nitrogen and oxygen atoms in total. The van der Waals surface area contributed by atoms with Gasteiger partial charge in [-0.15, -0.1) is 0 Å². The van der Waals surface area contributed by atoms with Gasteiger partial charge in [0.25, 0.3) is 0 Å². The summed E-state index contributed by atoms with van der Waals surface area (Å²) in [5.74, 6) is -0.196. The van der Waals surface area contributed by atoms with E-state index >= 15 is 0 Å². The van der Waals surface area contributed by atoms with Crippen LogP contribution in [0, 0.1) is 6.92 Å². The third kappa shape index (κ3) is 4.33. The lowest BCUT2D eigenvalue weighted by Crippen LogP contribution is -2.29. The van der Waals surface area contributed by atoms with Crippen LogP contribution in [0.2, 0.25) is 0 Å². The van der Waals surface area contributed by atoms with Crippen LogP contribution in [-0.4, -0.2) is 26.0 Å². The van der Waals surface area contributed by atoms with Crippen molar-refractivity contribution in [3.05, 3.63) is 29.3 Å². The summed E-state index contributed by atoms with van der Waals surface area (Å²) in [7, 11) is -4.12. The molecule has 4 N–H and O–H groups in total. The summed E-state index contributed by atoms with van der Waals surface area (Å²) in [4.78, 5) is -0.461. The van der Waals surface area contributed by atoms with Gasteiger partial charge in [-0.3, -0.25) is 0 Å². The largest absolute Gasteiger partial charge is 0.416 e. The first-order chi connectivity index (χ1) is 9.59. The number of hydrogen-bond donors (Lipinski definition) is 3. The standard InChI is InChI=1S/C11H14F3N3O3S/c1-7-8(11(12,13)14)3-2-4-9(7)21(19,20)16-6-5-10(15)17-18/h2-4,16,18H,5-6H2,1H3,(H2,15,17). The Kier molecular flexibility index (Phi) is 5.18. The number of benzene rings is 1. The normalized spacial score (nSPS) is 13.4. The minimum absolute atomic E-state index is 0.0757. The first-order valence-electron chi connectivity index (χ1n) is 5.72. The lowest BCUT2D eigenvalue weighted by molar-refractivity contribution is -0.138. The number of nitrogens with one attached hydrogen (secondary N) is 1. The zero-order valence-corrected chi connectivity index (χ0v) is 11.8. The fraction of sp³-hybridized carbons (Fsp3) is 0.364. The van der Waals surface area contributed by atoms with Crippen molar-refractivity contribution in [3.8, 4) is 0 Å². The maximum atomic E-state index is 12.7. The topological polar surface area (TPSA) is 105 Å². The number of hydrogen-bond acceptors (Lipinski definition) is 4. The van der Waals surface area contributed by atoms with Crippen LogP contribution in [0.15, 0.2) is 28.3 Å². The monoisotopic (exact) mass is 325 g/mol. The quantitative estimate of drug-likeness (QED) is 0.330. The molecule has 0 heterocycles. The van der Waals surface area contributed by atoms with Crippen LogP contribution in [0.5, 0.6) is 0 Å². The molecule has 0 aliphatic heterocycles. The molecule has 0 spiro atoms. The first-order valence-corrected chi connectivity index (χ1v) is 7.21. The number of amidine groups is 1. The fourth-order valence-corrected chi connectivity index (χ4v) is 2.95. The molecule has 1 aromatic carbocycles. The summed E-state index contributed by atoms with van der Waals surface area (Å²) < 4.78 is 64.3. The van der Waals surface area contributed by atoms with E-state index in [1.54, 1.807) is 0 Å². The molecule has 10 heteroatoms. The summed E-state index contributed by atoms with van der Waals surface area (Å²) in [6, 6.07) is 2.91. The van der Waals surface area contributed by atoms with Crippen LogP contribution in [0.25, 0.3) is 0 Å². The minimum atomic E-state index is -4.64. The van der Waals surface area contributed by atoms with Crippen LogP contribution >= 0.6 is 0 Å². The van der Waals surface area contributed by atoms with Crippen LogP contribution in [-0.2, 0) is 16.2 Å². The highest BCUT2D eigenvalue weighted by Gasteiger charge is 2.34. The molecule has 0 unspecified atom stereocenters. The second-order valence-corrected chi connectivity index (χ2v) is 5.90. The molecule has 0 saturated heterocycles. The minimum Gasteiger partial charge on any atom is -0.409 e. The molecule has 0 radical (unpaired) electrons. The van der Waals surface area contributed by atoms with E-state index in [9.17, 15) is 21.6 Å². The van der Waals surface area contributed by atoms with Gasteiger partial charge in [0.1, 0.15) is 5.84 Å². The van der Waals surface area contributed by atoms with E-state index in [0.717, 1.165) is 25.1 Å². The van der Waals surface area contributed by atoms with Crippen molar-refractivity contribution in [2.45, 2.75) is 24.4 Å². The van der Waals surface area contributed by atoms with Crippen molar-refractivity contribution in [2.75, 3.05) is 6.54 Å². The van der Waals surface area contributed by atoms with Gasteiger partial charge in [-0.25, -0.2) is 13.1 Å². The van der Waals surface area contributed by atoms with Crippen LogP contribution in [0.1, 0.15) is 17.5 Å². The zero-order chi connectivity index (χ0) is 16.3. The Morgan fingerprint density at radius 3 is 2.57 bits per heavy atom. The van der Waals surface area contributed by atoms with Gasteiger partial charge in [0.2, 0.25) is 10.0 Å². The highest BCUT2D eigenvalue weighted by Crippen LogP contribution is 2.34. The van der Waals surface area contributed by atoms with Gasteiger partial charge in [0, 0.05) is 13.0 Å². The predicted octanol–water partition coefficient (Wildman–Crippen LogP) is 1.43. The van der Waals surface area contributed by atoms with Crippen LogP contribution < -0.4 is 10.5 Å². The van der Waals surface area contributed by atoms with Crippen LogP contribution in [0.3, 0.4) is 0 Å². The van der Waals surface area contributed by atoms with Gasteiger partial charge in [-0.2, -0.15) is 13.2 Å². The van der Waals surface area contributed by atoms with Crippen LogP contribution in [0.4, 0.5) is 13.2 Å². The lowest BCUT2D eigenvalue weighted by atomic mass is 10.1. The second-order valence-electron chi connectivity index (χ2n) is 4.17. The molecule has 118 valence electrons. The Bertz CT molecular complexity index is 642. The molecule has 1 aromatic rings. The molecule has 1 rings (SSSR count). The Labute approximate surface area is 119 Å².